The van der Waals surface area contributed by atoms with Crippen molar-refractivity contribution in [3.63, 3.8) is 0 Å². The molecule has 168 valence electrons. The van der Waals surface area contributed by atoms with Crippen molar-refractivity contribution < 1.29 is 18.7 Å². The molecule has 1 atom stereocenters. The minimum atomic E-state index is -0.740. The lowest BCUT2D eigenvalue weighted by Gasteiger charge is -2.08. The molecule has 0 spiro atoms. The molecule has 0 bridgehead atoms. The lowest BCUT2D eigenvalue weighted by molar-refractivity contribution is 0.0927. The van der Waals surface area contributed by atoms with Gasteiger partial charge in [-0.15, -0.1) is 0 Å². The van der Waals surface area contributed by atoms with E-state index in [0.29, 0.717) is 24.5 Å². The number of nitrogens with two attached hydrogens (primary N) is 1. The molecule has 0 aromatic carbocycles. The SMILES string of the molecule is CCCNc1cc(-c2nc(C(=O)Nc3cn(C[C@@H]4CCCO4)nc3C(N)=O)co2)ccn1. The number of nitrogens with one attached hydrogen (secondary N) is 2. The number of carbonyl (C=O) groups is 2. The van der Waals surface area contributed by atoms with Gasteiger partial charge in [0.1, 0.15) is 12.1 Å². The first-order chi connectivity index (χ1) is 15.5. The quantitative estimate of drug-likeness (QED) is 0.459. The Bertz CT molecular complexity index is 1100. The van der Waals surface area contributed by atoms with E-state index in [1.165, 1.54) is 6.26 Å². The van der Waals surface area contributed by atoms with Crippen LogP contribution in [-0.4, -0.2) is 50.8 Å². The summed E-state index contributed by atoms with van der Waals surface area (Å²) in [6, 6.07) is 3.54. The van der Waals surface area contributed by atoms with E-state index < -0.39 is 11.8 Å². The van der Waals surface area contributed by atoms with Crippen molar-refractivity contribution in [1.29, 1.82) is 0 Å². The molecule has 1 aliphatic rings. The Labute approximate surface area is 184 Å². The zero-order valence-electron chi connectivity index (χ0n) is 17.7. The van der Waals surface area contributed by atoms with Gasteiger partial charge in [-0.3, -0.25) is 14.3 Å². The number of carbonyl (C=O) groups excluding carboxylic acids is 2. The van der Waals surface area contributed by atoms with Crippen molar-refractivity contribution in [2.45, 2.75) is 38.8 Å². The van der Waals surface area contributed by atoms with Gasteiger partial charge in [-0.1, -0.05) is 6.92 Å². The number of anilines is 2. The largest absolute Gasteiger partial charge is 0.444 e. The Hall–Kier alpha value is -3.73. The van der Waals surface area contributed by atoms with Crippen LogP contribution in [0.5, 0.6) is 0 Å². The van der Waals surface area contributed by atoms with Crippen LogP contribution in [0.2, 0.25) is 0 Å². The maximum atomic E-state index is 12.7. The van der Waals surface area contributed by atoms with Crippen LogP contribution in [0.25, 0.3) is 11.5 Å². The van der Waals surface area contributed by atoms with E-state index in [2.05, 4.69) is 32.6 Å². The molecule has 4 heterocycles. The number of pyridine rings is 1. The minimum absolute atomic E-state index is 0.0225. The third-order valence-corrected chi connectivity index (χ3v) is 4.96. The first kappa shape index (κ1) is 21.5. The summed E-state index contributed by atoms with van der Waals surface area (Å²) in [5.41, 5.74) is 6.36. The molecule has 11 nitrogen and oxygen atoms in total. The van der Waals surface area contributed by atoms with Crippen molar-refractivity contribution in [2.75, 3.05) is 23.8 Å². The van der Waals surface area contributed by atoms with Gasteiger partial charge in [-0.25, -0.2) is 9.97 Å². The van der Waals surface area contributed by atoms with Gasteiger partial charge in [0.05, 0.1) is 18.3 Å². The van der Waals surface area contributed by atoms with E-state index in [4.69, 9.17) is 14.9 Å². The molecule has 11 heteroatoms. The number of hydrogen-bond acceptors (Lipinski definition) is 8. The highest BCUT2D eigenvalue weighted by molar-refractivity contribution is 6.07. The van der Waals surface area contributed by atoms with Crippen LogP contribution < -0.4 is 16.4 Å². The zero-order valence-corrected chi connectivity index (χ0v) is 17.7. The van der Waals surface area contributed by atoms with Gasteiger partial charge in [-0.05, 0) is 31.4 Å². The van der Waals surface area contributed by atoms with Crippen molar-refractivity contribution in [3.05, 3.63) is 42.2 Å². The summed E-state index contributed by atoms with van der Waals surface area (Å²) in [6.07, 6.45) is 7.35. The number of aromatic nitrogens is 4. The molecule has 1 saturated heterocycles. The number of rotatable bonds is 9. The molecule has 0 saturated carbocycles. The van der Waals surface area contributed by atoms with Crippen molar-refractivity contribution >= 4 is 23.3 Å². The smallest absolute Gasteiger partial charge is 0.277 e. The second-order valence-electron chi connectivity index (χ2n) is 7.46. The highest BCUT2D eigenvalue weighted by atomic mass is 16.5. The molecular weight excluding hydrogens is 414 g/mol. The van der Waals surface area contributed by atoms with Crippen LogP contribution in [0.15, 0.2) is 35.2 Å². The topological polar surface area (TPSA) is 150 Å². The fraction of sp³-hybridized carbons (Fsp3) is 0.381. The van der Waals surface area contributed by atoms with Gasteiger partial charge in [0.15, 0.2) is 11.4 Å². The molecule has 0 radical (unpaired) electrons. The Morgan fingerprint density at radius 2 is 2.25 bits per heavy atom. The molecule has 1 aliphatic heterocycles. The average molecular weight is 439 g/mol. The number of amides is 2. The standard InChI is InChI=1S/C21H25N7O4/c1-2-6-23-17-9-13(5-7-24-17)21-26-16(12-32-21)20(30)25-15-11-28(27-18(15)19(22)29)10-14-4-3-8-31-14/h5,7,9,11-12,14H,2-4,6,8,10H2,1H3,(H2,22,29)(H,23,24)(H,25,30)/t14-/m0/s1. The fourth-order valence-corrected chi connectivity index (χ4v) is 3.40. The first-order valence-electron chi connectivity index (χ1n) is 10.5. The number of ether oxygens (including phenoxy) is 1. The zero-order chi connectivity index (χ0) is 22.5. The number of oxazole rings is 1. The molecule has 0 unspecified atom stereocenters. The lowest BCUT2D eigenvalue weighted by atomic mass is 10.2. The predicted octanol–water partition coefficient (Wildman–Crippen LogP) is 2.29. The van der Waals surface area contributed by atoms with Crippen LogP contribution in [-0.2, 0) is 11.3 Å². The molecule has 32 heavy (non-hydrogen) atoms. The lowest BCUT2D eigenvalue weighted by Crippen LogP contribution is -2.18. The minimum Gasteiger partial charge on any atom is -0.444 e. The van der Waals surface area contributed by atoms with Crippen LogP contribution in [0, 0.1) is 0 Å². The Morgan fingerprint density at radius 1 is 1.38 bits per heavy atom. The second kappa shape index (κ2) is 9.60. The summed E-state index contributed by atoms with van der Waals surface area (Å²) in [5.74, 6) is -0.312. The molecule has 2 amide bonds. The molecule has 0 aliphatic carbocycles. The van der Waals surface area contributed by atoms with Gasteiger partial charge in [0.2, 0.25) is 5.89 Å². The third-order valence-electron chi connectivity index (χ3n) is 4.96. The average Bonchev–Trinajstić information content (AvgIpc) is 3.54. The normalized spacial score (nSPS) is 15.6. The van der Waals surface area contributed by atoms with Crippen molar-refractivity contribution in [2.24, 2.45) is 5.73 Å². The number of nitrogens with zero attached hydrogens (tertiary/aromatic N) is 4. The van der Waals surface area contributed by atoms with Crippen LogP contribution in [0.3, 0.4) is 0 Å². The number of hydrogen-bond donors (Lipinski definition) is 3. The predicted molar refractivity (Wildman–Crippen MR) is 116 cm³/mol. The monoisotopic (exact) mass is 439 g/mol. The maximum Gasteiger partial charge on any atom is 0.277 e. The van der Waals surface area contributed by atoms with Crippen molar-refractivity contribution in [1.82, 2.24) is 19.7 Å². The highest BCUT2D eigenvalue weighted by Gasteiger charge is 2.22. The molecule has 1 fully saturated rings. The van der Waals surface area contributed by atoms with Gasteiger partial charge < -0.3 is 25.5 Å². The Kier molecular flexibility index (Phi) is 6.45. The molecule has 4 N–H and O–H groups in total. The molecular formula is C21H25N7O4. The first-order valence-corrected chi connectivity index (χ1v) is 10.5. The van der Waals surface area contributed by atoms with E-state index in [1.807, 2.05) is 0 Å². The summed E-state index contributed by atoms with van der Waals surface area (Å²) in [6.45, 7) is 4.03. The van der Waals surface area contributed by atoms with Gasteiger partial charge in [0, 0.05) is 31.1 Å². The van der Waals surface area contributed by atoms with E-state index in [1.54, 1.807) is 29.2 Å². The summed E-state index contributed by atoms with van der Waals surface area (Å²) >= 11 is 0. The summed E-state index contributed by atoms with van der Waals surface area (Å²) in [4.78, 5) is 33.0. The van der Waals surface area contributed by atoms with Gasteiger partial charge in [-0.2, -0.15) is 5.10 Å². The van der Waals surface area contributed by atoms with Crippen LogP contribution in [0.4, 0.5) is 11.5 Å². The Balaban J connectivity index is 1.48. The summed E-state index contributed by atoms with van der Waals surface area (Å²) in [5, 5.41) is 10.0. The fourth-order valence-electron chi connectivity index (χ4n) is 3.40. The van der Waals surface area contributed by atoms with E-state index in [9.17, 15) is 9.59 Å². The van der Waals surface area contributed by atoms with E-state index >= 15 is 0 Å². The van der Waals surface area contributed by atoms with E-state index in [-0.39, 0.29) is 29.1 Å². The van der Waals surface area contributed by atoms with Crippen LogP contribution >= 0.6 is 0 Å². The van der Waals surface area contributed by atoms with E-state index in [0.717, 1.165) is 25.8 Å². The number of primary amides is 1. The Morgan fingerprint density at radius 3 is 3.00 bits per heavy atom. The van der Waals surface area contributed by atoms with Gasteiger partial charge >= 0.3 is 0 Å². The van der Waals surface area contributed by atoms with Gasteiger partial charge in [0.25, 0.3) is 11.8 Å². The van der Waals surface area contributed by atoms with Crippen LogP contribution in [0.1, 0.15) is 47.2 Å². The maximum absolute atomic E-state index is 12.7. The second-order valence-corrected chi connectivity index (χ2v) is 7.46. The molecule has 4 rings (SSSR count). The molecule has 3 aromatic heterocycles. The summed E-state index contributed by atoms with van der Waals surface area (Å²) < 4.78 is 12.6. The van der Waals surface area contributed by atoms with Crippen molar-refractivity contribution in [3.8, 4) is 11.5 Å². The highest BCUT2D eigenvalue weighted by Crippen LogP contribution is 2.22. The molecule has 3 aromatic rings. The third kappa shape index (κ3) is 4.94. The summed E-state index contributed by atoms with van der Waals surface area (Å²) in [7, 11) is 0.